The first kappa shape index (κ1) is 14.7. The Labute approximate surface area is 107 Å². The third-order valence-electron chi connectivity index (χ3n) is 2.85. The minimum absolute atomic E-state index is 0.107. The molecule has 0 atom stereocenters. The van der Waals surface area contributed by atoms with Gasteiger partial charge in [-0.2, -0.15) is 0 Å². The fraction of sp³-hybridized carbons (Fsp3) is 0.818. The molecule has 2 amide bonds. The maximum Gasteiger partial charge on any atom is 0.329 e. The number of ether oxygens (including phenoxy) is 1. The number of urea groups is 1. The molecular weight excluding hydrogens is 238 g/mol. The van der Waals surface area contributed by atoms with Crippen molar-refractivity contribution in [2.24, 2.45) is 0 Å². The number of carbonyl (C=O) groups is 2. The Morgan fingerprint density at radius 2 is 1.94 bits per heavy atom. The molecule has 1 saturated heterocycles. The number of nitrogens with zero attached hydrogens (tertiary/aromatic N) is 2. The zero-order valence-corrected chi connectivity index (χ0v) is 10.7. The molecule has 0 unspecified atom stereocenters. The van der Waals surface area contributed by atoms with E-state index in [0.717, 1.165) is 32.7 Å². The van der Waals surface area contributed by atoms with E-state index in [1.54, 1.807) is 4.90 Å². The summed E-state index contributed by atoms with van der Waals surface area (Å²) < 4.78 is 4.83. The summed E-state index contributed by atoms with van der Waals surface area (Å²) in [6.45, 7) is 6.61. The van der Waals surface area contributed by atoms with Crippen molar-refractivity contribution < 1.29 is 19.4 Å². The number of carboxylic acid groups (broad SMARTS) is 1. The number of rotatable bonds is 6. The molecule has 0 aliphatic carbocycles. The summed E-state index contributed by atoms with van der Waals surface area (Å²) in [5, 5.41) is 11.1. The van der Waals surface area contributed by atoms with Crippen LogP contribution in [0.3, 0.4) is 0 Å². The van der Waals surface area contributed by atoms with Gasteiger partial charge in [-0.25, -0.2) is 9.59 Å². The minimum Gasteiger partial charge on any atom is -0.480 e. The molecule has 1 aliphatic rings. The molecule has 0 aromatic heterocycles. The lowest BCUT2D eigenvalue weighted by molar-refractivity contribution is -0.142. The molecule has 7 heteroatoms. The lowest BCUT2D eigenvalue weighted by Gasteiger charge is -2.33. The molecule has 0 spiro atoms. The Morgan fingerprint density at radius 1 is 1.28 bits per heavy atom. The molecule has 0 aromatic rings. The van der Waals surface area contributed by atoms with Crippen LogP contribution in [0.2, 0.25) is 0 Å². The van der Waals surface area contributed by atoms with Crippen LogP contribution < -0.4 is 5.32 Å². The van der Waals surface area contributed by atoms with Gasteiger partial charge in [-0.3, -0.25) is 0 Å². The van der Waals surface area contributed by atoms with Crippen LogP contribution in [-0.4, -0.2) is 79.4 Å². The fourth-order valence-electron chi connectivity index (χ4n) is 1.77. The number of hydrogen-bond donors (Lipinski definition) is 2. The van der Waals surface area contributed by atoms with Crippen molar-refractivity contribution in [2.45, 2.75) is 6.92 Å². The highest BCUT2D eigenvalue weighted by Crippen LogP contribution is 2.00. The van der Waals surface area contributed by atoms with E-state index in [4.69, 9.17) is 9.84 Å². The zero-order valence-electron chi connectivity index (χ0n) is 10.7. The summed E-state index contributed by atoms with van der Waals surface area (Å²) in [7, 11) is 0. The third-order valence-corrected chi connectivity index (χ3v) is 2.85. The Hall–Kier alpha value is -1.34. The standard InChI is InChI=1S/C11H21N3O4/c1-2-13-4-6-14(7-5-13)11(17)12-3-8-18-9-10(15)16/h2-9H2,1H3,(H,12,17)(H,15,16). The number of nitrogens with one attached hydrogen (secondary N) is 1. The van der Waals surface area contributed by atoms with Crippen molar-refractivity contribution in [3.8, 4) is 0 Å². The second-order valence-corrected chi connectivity index (χ2v) is 4.10. The van der Waals surface area contributed by atoms with Gasteiger partial charge >= 0.3 is 12.0 Å². The number of likely N-dealkylation sites (N-methyl/N-ethyl adjacent to an activating group) is 1. The molecule has 18 heavy (non-hydrogen) atoms. The highest BCUT2D eigenvalue weighted by molar-refractivity contribution is 5.74. The van der Waals surface area contributed by atoms with Crippen molar-refractivity contribution in [1.29, 1.82) is 0 Å². The van der Waals surface area contributed by atoms with Crippen LogP contribution in [0.25, 0.3) is 0 Å². The van der Waals surface area contributed by atoms with Gasteiger partial charge in [0, 0.05) is 32.7 Å². The first-order valence-corrected chi connectivity index (χ1v) is 6.18. The molecule has 1 aliphatic heterocycles. The molecule has 1 rings (SSSR count). The summed E-state index contributed by atoms with van der Waals surface area (Å²) in [4.78, 5) is 26.0. The van der Waals surface area contributed by atoms with Crippen molar-refractivity contribution in [1.82, 2.24) is 15.1 Å². The summed E-state index contributed by atoms with van der Waals surface area (Å²) in [6.07, 6.45) is 0. The summed E-state index contributed by atoms with van der Waals surface area (Å²) in [5.74, 6) is -1.00. The number of piperazine rings is 1. The van der Waals surface area contributed by atoms with E-state index in [1.807, 2.05) is 0 Å². The van der Waals surface area contributed by atoms with E-state index in [2.05, 4.69) is 17.1 Å². The maximum atomic E-state index is 11.7. The average molecular weight is 259 g/mol. The van der Waals surface area contributed by atoms with Crippen LogP contribution in [-0.2, 0) is 9.53 Å². The van der Waals surface area contributed by atoms with Gasteiger partial charge in [-0.1, -0.05) is 6.92 Å². The number of carbonyl (C=O) groups excluding carboxylic acids is 1. The molecule has 1 heterocycles. The van der Waals surface area contributed by atoms with Crippen LogP contribution in [0.4, 0.5) is 4.79 Å². The smallest absolute Gasteiger partial charge is 0.329 e. The molecule has 0 aromatic carbocycles. The normalized spacial score (nSPS) is 16.6. The predicted molar refractivity (Wildman–Crippen MR) is 65.5 cm³/mol. The van der Waals surface area contributed by atoms with Crippen LogP contribution in [0, 0.1) is 0 Å². The van der Waals surface area contributed by atoms with Gasteiger partial charge in [0.1, 0.15) is 6.61 Å². The Bertz CT molecular complexity index is 277. The van der Waals surface area contributed by atoms with Crippen molar-refractivity contribution in [3.05, 3.63) is 0 Å². The van der Waals surface area contributed by atoms with Crippen LogP contribution in [0.15, 0.2) is 0 Å². The van der Waals surface area contributed by atoms with E-state index < -0.39 is 5.97 Å². The molecule has 2 N–H and O–H groups in total. The molecule has 1 fully saturated rings. The lowest BCUT2D eigenvalue weighted by atomic mass is 10.3. The highest BCUT2D eigenvalue weighted by atomic mass is 16.5. The summed E-state index contributed by atoms with van der Waals surface area (Å²) in [5.41, 5.74) is 0. The lowest BCUT2D eigenvalue weighted by Crippen LogP contribution is -2.52. The van der Waals surface area contributed by atoms with Gasteiger partial charge in [-0.15, -0.1) is 0 Å². The highest BCUT2D eigenvalue weighted by Gasteiger charge is 2.19. The monoisotopic (exact) mass is 259 g/mol. The second kappa shape index (κ2) is 7.88. The van der Waals surface area contributed by atoms with Crippen molar-refractivity contribution in [2.75, 3.05) is 52.5 Å². The van der Waals surface area contributed by atoms with E-state index in [0.29, 0.717) is 6.54 Å². The zero-order chi connectivity index (χ0) is 13.4. The van der Waals surface area contributed by atoms with Gasteiger partial charge in [0.15, 0.2) is 0 Å². The van der Waals surface area contributed by atoms with E-state index in [1.165, 1.54) is 0 Å². The first-order chi connectivity index (χ1) is 8.63. The van der Waals surface area contributed by atoms with Crippen LogP contribution in [0.5, 0.6) is 0 Å². The topological polar surface area (TPSA) is 82.1 Å². The SMILES string of the molecule is CCN1CCN(C(=O)NCCOCC(=O)O)CC1. The second-order valence-electron chi connectivity index (χ2n) is 4.10. The van der Waals surface area contributed by atoms with E-state index in [-0.39, 0.29) is 19.2 Å². The average Bonchev–Trinajstić information content (AvgIpc) is 2.38. The summed E-state index contributed by atoms with van der Waals surface area (Å²) in [6, 6.07) is -0.107. The number of aliphatic carboxylic acids is 1. The van der Waals surface area contributed by atoms with Crippen molar-refractivity contribution >= 4 is 12.0 Å². The Kier molecular flexibility index (Phi) is 6.45. The molecular formula is C11H21N3O4. The fourth-order valence-corrected chi connectivity index (χ4v) is 1.77. The quantitative estimate of drug-likeness (QED) is 0.625. The first-order valence-electron chi connectivity index (χ1n) is 6.18. The molecule has 104 valence electrons. The van der Waals surface area contributed by atoms with E-state index >= 15 is 0 Å². The van der Waals surface area contributed by atoms with Gasteiger partial charge in [0.05, 0.1) is 6.61 Å². The summed E-state index contributed by atoms with van der Waals surface area (Å²) >= 11 is 0. The van der Waals surface area contributed by atoms with Gasteiger partial charge in [0.25, 0.3) is 0 Å². The van der Waals surface area contributed by atoms with Crippen molar-refractivity contribution in [3.63, 3.8) is 0 Å². The Morgan fingerprint density at radius 3 is 2.50 bits per heavy atom. The minimum atomic E-state index is -1.00. The molecule has 0 saturated carbocycles. The predicted octanol–water partition coefficient (Wildman–Crippen LogP) is -0.565. The molecule has 0 radical (unpaired) electrons. The van der Waals surface area contributed by atoms with Crippen LogP contribution >= 0.6 is 0 Å². The van der Waals surface area contributed by atoms with Gasteiger partial charge in [-0.05, 0) is 6.54 Å². The molecule has 0 bridgehead atoms. The number of hydrogen-bond acceptors (Lipinski definition) is 4. The Balaban J connectivity index is 2.08. The van der Waals surface area contributed by atoms with E-state index in [9.17, 15) is 9.59 Å². The number of amides is 2. The largest absolute Gasteiger partial charge is 0.480 e. The van der Waals surface area contributed by atoms with Crippen LogP contribution in [0.1, 0.15) is 6.92 Å². The number of carboxylic acids is 1. The molecule has 7 nitrogen and oxygen atoms in total. The third kappa shape index (κ3) is 5.33. The van der Waals surface area contributed by atoms with Gasteiger partial charge < -0.3 is 25.0 Å². The maximum absolute atomic E-state index is 11.7. The van der Waals surface area contributed by atoms with Gasteiger partial charge in [0.2, 0.25) is 0 Å².